The van der Waals surface area contributed by atoms with Crippen LogP contribution < -0.4 is 16.4 Å². The molecule has 5 N–H and O–H groups in total. The zero-order chi connectivity index (χ0) is 22.1. The highest BCUT2D eigenvalue weighted by Crippen LogP contribution is 2.40. The van der Waals surface area contributed by atoms with Gasteiger partial charge in [-0.25, -0.2) is 15.0 Å². The molecule has 0 saturated heterocycles. The number of H-pyrrole nitrogens is 1. The quantitative estimate of drug-likeness (QED) is 0.303. The summed E-state index contributed by atoms with van der Waals surface area (Å²) in [5, 5.41) is 15.2. The average molecular weight is 450 g/mol. The second-order valence-corrected chi connectivity index (χ2v) is 9.33. The molecular formula is C22H27N9S. The van der Waals surface area contributed by atoms with Crippen molar-refractivity contribution in [3.63, 3.8) is 0 Å². The van der Waals surface area contributed by atoms with Gasteiger partial charge in [0.25, 0.3) is 0 Å². The van der Waals surface area contributed by atoms with Gasteiger partial charge in [0.15, 0.2) is 22.1 Å². The summed E-state index contributed by atoms with van der Waals surface area (Å²) in [4.78, 5) is 14.5. The Bertz CT molecular complexity index is 1230. The minimum atomic E-state index is 0.397. The van der Waals surface area contributed by atoms with Crippen molar-refractivity contribution in [2.45, 2.75) is 36.9 Å². The molecule has 0 atom stereocenters. The van der Waals surface area contributed by atoms with E-state index in [1.807, 2.05) is 12.3 Å². The second kappa shape index (κ2) is 8.79. The fourth-order valence-corrected chi connectivity index (χ4v) is 4.99. The fraction of sp³-hybridized carbons (Fsp3) is 0.364. The number of anilines is 2. The summed E-state index contributed by atoms with van der Waals surface area (Å²) in [6.07, 6.45) is 4.37. The number of aromatic nitrogens is 6. The van der Waals surface area contributed by atoms with E-state index < -0.39 is 0 Å². The first-order valence-electron chi connectivity index (χ1n) is 10.9. The molecule has 1 aliphatic heterocycles. The van der Waals surface area contributed by atoms with Crippen LogP contribution in [0.4, 0.5) is 11.5 Å². The number of nitrogens with one attached hydrogen (secondary N) is 3. The lowest BCUT2D eigenvalue weighted by Crippen LogP contribution is -2.24. The number of nitrogens with zero attached hydrogens (tertiary/aromatic N) is 5. The highest BCUT2D eigenvalue weighted by Gasteiger charge is 2.21. The van der Waals surface area contributed by atoms with Crippen LogP contribution >= 0.6 is 11.8 Å². The lowest BCUT2D eigenvalue weighted by atomic mass is 10.1. The van der Waals surface area contributed by atoms with E-state index in [4.69, 9.17) is 10.7 Å². The summed E-state index contributed by atoms with van der Waals surface area (Å²) in [5.41, 5.74) is 12.0. The molecule has 0 amide bonds. The summed E-state index contributed by atoms with van der Waals surface area (Å²) in [6, 6.07) is 6.43. The van der Waals surface area contributed by atoms with Crippen LogP contribution in [0.15, 0.2) is 40.8 Å². The maximum atomic E-state index is 6.13. The van der Waals surface area contributed by atoms with Crippen LogP contribution in [0.2, 0.25) is 0 Å². The van der Waals surface area contributed by atoms with Gasteiger partial charge in [0.1, 0.15) is 6.33 Å². The lowest BCUT2D eigenvalue weighted by Gasteiger charge is -2.13. The molecule has 4 heterocycles. The van der Waals surface area contributed by atoms with Gasteiger partial charge in [0.05, 0.1) is 5.69 Å². The zero-order valence-corrected chi connectivity index (χ0v) is 19.0. The van der Waals surface area contributed by atoms with Crippen molar-refractivity contribution in [1.29, 1.82) is 0 Å². The standard InChI is InChI=1S/C22H27N9S/c1-13(2)11-24-7-8-31-21-19(20(23)26-12-27-21)29-22(31)32-18-10-17-14(3-5-25-17)9-15(18)16-4-6-28-30-16/h4,6,9-10,12-13,24-25H,3,5,7-8,11H2,1-2H3,(H,28,30)(H2,23,26,27). The Morgan fingerprint density at radius 2 is 2.19 bits per heavy atom. The lowest BCUT2D eigenvalue weighted by molar-refractivity contribution is 0.516. The van der Waals surface area contributed by atoms with Crippen molar-refractivity contribution in [3.8, 4) is 11.3 Å². The molecule has 1 aliphatic rings. The third kappa shape index (κ3) is 4.03. The predicted octanol–water partition coefficient (Wildman–Crippen LogP) is 3.16. The van der Waals surface area contributed by atoms with Gasteiger partial charge in [0, 0.05) is 42.0 Å². The molecule has 0 aliphatic carbocycles. The average Bonchev–Trinajstić information content (AvgIpc) is 3.51. The van der Waals surface area contributed by atoms with Gasteiger partial charge in [-0.3, -0.25) is 5.10 Å². The van der Waals surface area contributed by atoms with Crippen LogP contribution in [0.3, 0.4) is 0 Å². The van der Waals surface area contributed by atoms with Crippen LogP contribution in [0.5, 0.6) is 0 Å². The molecule has 0 bridgehead atoms. The van der Waals surface area contributed by atoms with E-state index in [1.165, 1.54) is 17.6 Å². The van der Waals surface area contributed by atoms with Gasteiger partial charge in [-0.05, 0) is 42.6 Å². The molecule has 0 fully saturated rings. The van der Waals surface area contributed by atoms with Crippen molar-refractivity contribution in [3.05, 3.63) is 36.3 Å². The summed E-state index contributed by atoms with van der Waals surface area (Å²) in [7, 11) is 0. The minimum absolute atomic E-state index is 0.397. The largest absolute Gasteiger partial charge is 0.384 e. The van der Waals surface area contributed by atoms with E-state index in [-0.39, 0.29) is 0 Å². The van der Waals surface area contributed by atoms with E-state index in [0.717, 1.165) is 59.6 Å². The van der Waals surface area contributed by atoms with Gasteiger partial charge >= 0.3 is 0 Å². The minimum Gasteiger partial charge on any atom is -0.384 e. The van der Waals surface area contributed by atoms with Crippen molar-refractivity contribution in [1.82, 2.24) is 35.0 Å². The van der Waals surface area contributed by atoms with Crippen LogP contribution in [-0.4, -0.2) is 49.4 Å². The third-order valence-corrected chi connectivity index (χ3v) is 6.54. The van der Waals surface area contributed by atoms with Crippen LogP contribution in [0.1, 0.15) is 19.4 Å². The summed E-state index contributed by atoms with van der Waals surface area (Å²) >= 11 is 1.61. The second-order valence-electron chi connectivity index (χ2n) is 8.32. The first-order valence-corrected chi connectivity index (χ1v) is 11.7. The van der Waals surface area contributed by atoms with Crippen molar-refractivity contribution < 1.29 is 0 Å². The molecule has 32 heavy (non-hydrogen) atoms. The predicted molar refractivity (Wildman–Crippen MR) is 128 cm³/mol. The van der Waals surface area contributed by atoms with Crippen molar-refractivity contribution in [2.24, 2.45) is 5.92 Å². The zero-order valence-electron chi connectivity index (χ0n) is 18.2. The monoisotopic (exact) mass is 449 g/mol. The molecule has 1 aromatic carbocycles. The van der Waals surface area contributed by atoms with Crippen LogP contribution in [0, 0.1) is 5.92 Å². The number of rotatable bonds is 8. The van der Waals surface area contributed by atoms with E-state index in [2.05, 4.69) is 61.3 Å². The number of aromatic amines is 1. The molecule has 0 radical (unpaired) electrons. The van der Waals surface area contributed by atoms with E-state index in [9.17, 15) is 0 Å². The topological polar surface area (TPSA) is 122 Å². The highest BCUT2D eigenvalue weighted by molar-refractivity contribution is 7.99. The highest BCUT2D eigenvalue weighted by atomic mass is 32.2. The maximum absolute atomic E-state index is 6.13. The first kappa shape index (κ1) is 20.8. The van der Waals surface area contributed by atoms with Gasteiger partial charge in [-0.1, -0.05) is 25.6 Å². The Morgan fingerprint density at radius 3 is 3.00 bits per heavy atom. The molecular weight excluding hydrogens is 422 g/mol. The van der Waals surface area contributed by atoms with Gasteiger partial charge in [-0.2, -0.15) is 5.10 Å². The molecule has 10 heteroatoms. The van der Waals surface area contributed by atoms with Crippen LogP contribution in [0.25, 0.3) is 22.4 Å². The SMILES string of the molecule is CC(C)CNCCn1c(Sc2cc3c(cc2-c2cc[nH]n2)CCN3)nc2c(N)ncnc21. The Labute approximate surface area is 190 Å². The molecule has 3 aromatic heterocycles. The summed E-state index contributed by atoms with van der Waals surface area (Å²) < 4.78 is 2.13. The maximum Gasteiger partial charge on any atom is 0.175 e. The van der Waals surface area contributed by atoms with Gasteiger partial charge in [-0.15, -0.1) is 0 Å². The fourth-order valence-electron chi connectivity index (χ4n) is 3.92. The molecule has 166 valence electrons. The number of nitrogens with two attached hydrogens (primary N) is 1. The molecule has 0 spiro atoms. The van der Waals surface area contributed by atoms with E-state index in [1.54, 1.807) is 11.8 Å². The molecule has 9 nitrogen and oxygen atoms in total. The van der Waals surface area contributed by atoms with Crippen LogP contribution in [-0.2, 0) is 13.0 Å². The van der Waals surface area contributed by atoms with Crippen molar-refractivity contribution >= 4 is 34.4 Å². The smallest absolute Gasteiger partial charge is 0.175 e. The summed E-state index contributed by atoms with van der Waals surface area (Å²) in [6.45, 7) is 7.88. The molecule has 4 aromatic rings. The number of benzene rings is 1. The number of hydrogen-bond donors (Lipinski definition) is 4. The molecule has 0 saturated carbocycles. The number of imidazole rings is 1. The number of hydrogen-bond acceptors (Lipinski definition) is 8. The third-order valence-electron chi connectivity index (χ3n) is 5.48. The number of fused-ring (bicyclic) bond motifs is 2. The van der Waals surface area contributed by atoms with Gasteiger partial charge < -0.3 is 20.9 Å². The normalized spacial score (nSPS) is 13.1. The Kier molecular flexibility index (Phi) is 5.71. The first-order chi connectivity index (χ1) is 15.6. The molecule has 5 rings (SSSR count). The van der Waals surface area contributed by atoms with E-state index in [0.29, 0.717) is 17.3 Å². The van der Waals surface area contributed by atoms with Crippen molar-refractivity contribution in [2.75, 3.05) is 30.7 Å². The number of nitrogen functional groups attached to an aromatic ring is 1. The van der Waals surface area contributed by atoms with E-state index >= 15 is 0 Å². The Balaban J connectivity index is 1.54. The molecule has 0 unspecified atom stereocenters. The Hall–Kier alpha value is -3.11. The Morgan fingerprint density at radius 1 is 1.28 bits per heavy atom. The summed E-state index contributed by atoms with van der Waals surface area (Å²) in [5.74, 6) is 0.991. The van der Waals surface area contributed by atoms with Gasteiger partial charge in [0.2, 0.25) is 0 Å².